The lowest BCUT2D eigenvalue weighted by molar-refractivity contribution is 0.537. The van der Waals surface area contributed by atoms with Crippen LogP contribution in [0, 0.1) is 0 Å². The number of sulfonamides is 1. The zero-order chi connectivity index (χ0) is 14.2. The monoisotopic (exact) mass is 375 g/mol. The van der Waals surface area contributed by atoms with Gasteiger partial charge in [-0.05, 0) is 41.9 Å². The average molecular weight is 376 g/mol. The standard InChI is InChI=1S/C9H14BrNO4S3/c1-9(2,17(3,12)13)6-11-18(14,15)8-5-4-7(10)16-8/h4-5,11H,6H2,1-3H3. The Balaban J connectivity index is 2.87. The molecular weight excluding hydrogens is 362 g/mol. The smallest absolute Gasteiger partial charge is 0.229 e. The average Bonchev–Trinajstić information content (AvgIpc) is 2.61. The van der Waals surface area contributed by atoms with E-state index in [-0.39, 0.29) is 10.8 Å². The Morgan fingerprint density at radius 2 is 1.83 bits per heavy atom. The second-order valence-corrected chi connectivity index (χ2v) is 11.5. The highest BCUT2D eigenvalue weighted by atomic mass is 79.9. The van der Waals surface area contributed by atoms with Crippen molar-refractivity contribution in [2.24, 2.45) is 0 Å². The first kappa shape index (κ1) is 16.1. The molecule has 18 heavy (non-hydrogen) atoms. The summed E-state index contributed by atoms with van der Waals surface area (Å²) in [5, 5.41) is 0. The maximum absolute atomic E-state index is 11.9. The van der Waals surface area contributed by atoms with Crippen molar-refractivity contribution in [3.63, 3.8) is 0 Å². The van der Waals surface area contributed by atoms with Gasteiger partial charge in [-0.15, -0.1) is 11.3 Å². The van der Waals surface area contributed by atoms with Crippen molar-refractivity contribution in [3.8, 4) is 0 Å². The van der Waals surface area contributed by atoms with E-state index in [0.29, 0.717) is 3.79 Å². The third kappa shape index (κ3) is 3.77. The molecule has 104 valence electrons. The molecule has 5 nitrogen and oxygen atoms in total. The van der Waals surface area contributed by atoms with Gasteiger partial charge in [-0.25, -0.2) is 21.6 Å². The summed E-state index contributed by atoms with van der Waals surface area (Å²) in [6, 6.07) is 3.09. The molecule has 0 spiro atoms. The molecule has 0 aliphatic carbocycles. The summed E-state index contributed by atoms with van der Waals surface area (Å²) in [4.78, 5) is 0. The summed E-state index contributed by atoms with van der Waals surface area (Å²) in [6.07, 6.45) is 1.09. The number of nitrogens with one attached hydrogen (secondary N) is 1. The normalized spacial score (nSPS) is 13.8. The molecule has 0 atom stereocenters. The summed E-state index contributed by atoms with van der Waals surface area (Å²) in [7, 11) is -6.99. The fraction of sp³-hybridized carbons (Fsp3) is 0.556. The first-order valence-corrected chi connectivity index (χ1v) is 9.89. The van der Waals surface area contributed by atoms with Gasteiger partial charge in [0, 0.05) is 12.8 Å². The fourth-order valence-electron chi connectivity index (χ4n) is 0.913. The van der Waals surface area contributed by atoms with Crippen molar-refractivity contribution in [3.05, 3.63) is 15.9 Å². The van der Waals surface area contributed by atoms with Crippen LogP contribution in [0.15, 0.2) is 20.1 Å². The van der Waals surface area contributed by atoms with E-state index in [1.54, 1.807) is 6.07 Å². The molecule has 0 amide bonds. The Labute approximate surface area is 120 Å². The van der Waals surface area contributed by atoms with Crippen LogP contribution in [0.3, 0.4) is 0 Å². The molecule has 0 aliphatic rings. The maximum atomic E-state index is 11.9. The van der Waals surface area contributed by atoms with Crippen molar-refractivity contribution in [1.82, 2.24) is 4.72 Å². The minimum atomic E-state index is -3.66. The van der Waals surface area contributed by atoms with Gasteiger partial charge < -0.3 is 0 Å². The van der Waals surface area contributed by atoms with Crippen molar-refractivity contribution in [1.29, 1.82) is 0 Å². The summed E-state index contributed by atoms with van der Waals surface area (Å²) in [5.74, 6) is 0. The van der Waals surface area contributed by atoms with E-state index in [0.717, 1.165) is 17.6 Å². The first-order chi connectivity index (χ1) is 7.96. The van der Waals surface area contributed by atoms with Gasteiger partial charge in [0.05, 0.1) is 8.53 Å². The molecule has 1 rings (SSSR count). The van der Waals surface area contributed by atoms with Crippen molar-refractivity contribution in [2.75, 3.05) is 12.8 Å². The molecule has 1 aromatic heterocycles. The first-order valence-electron chi connectivity index (χ1n) is 4.90. The second kappa shape index (κ2) is 5.20. The summed E-state index contributed by atoms with van der Waals surface area (Å²) in [6.45, 7) is 2.80. The molecule has 0 bridgehead atoms. The van der Waals surface area contributed by atoms with E-state index < -0.39 is 24.6 Å². The number of halogens is 1. The van der Waals surface area contributed by atoms with Gasteiger partial charge in [-0.2, -0.15) is 0 Å². The van der Waals surface area contributed by atoms with Gasteiger partial charge in [-0.1, -0.05) is 0 Å². The Morgan fingerprint density at radius 1 is 1.28 bits per heavy atom. The molecule has 0 aliphatic heterocycles. The van der Waals surface area contributed by atoms with Crippen LogP contribution >= 0.6 is 27.3 Å². The molecular formula is C9H14BrNO4S3. The van der Waals surface area contributed by atoms with Crippen molar-refractivity contribution >= 4 is 47.1 Å². The summed E-state index contributed by atoms with van der Waals surface area (Å²) >= 11 is 4.25. The SMILES string of the molecule is CC(C)(CNS(=O)(=O)c1ccc(Br)s1)S(C)(=O)=O. The highest BCUT2D eigenvalue weighted by Crippen LogP contribution is 2.26. The topological polar surface area (TPSA) is 80.3 Å². The van der Waals surface area contributed by atoms with E-state index in [1.807, 2.05) is 0 Å². The highest BCUT2D eigenvalue weighted by Gasteiger charge is 2.32. The van der Waals surface area contributed by atoms with Crippen LogP contribution < -0.4 is 4.72 Å². The lowest BCUT2D eigenvalue weighted by Crippen LogP contribution is -2.43. The fourth-order valence-corrected chi connectivity index (χ4v) is 4.61. The molecule has 1 aromatic rings. The zero-order valence-electron chi connectivity index (χ0n) is 10.1. The number of hydrogen-bond donors (Lipinski definition) is 1. The molecule has 0 unspecified atom stereocenters. The lowest BCUT2D eigenvalue weighted by Gasteiger charge is -2.22. The zero-order valence-corrected chi connectivity index (χ0v) is 14.1. The van der Waals surface area contributed by atoms with E-state index in [9.17, 15) is 16.8 Å². The Hall–Kier alpha value is 0.0400. The minimum Gasteiger partial charge on any atom is -0.229 e. The Kier molecular flexibility index (Phi) is 4.65. The minimum absolute atomic E-state index is 0.152. The maximum Gasteiger partial charge on any atom is 0.250 e. The van der Waals surface area contributed by atoms with Crippen molar-refractivity contribution in [2.45, 2.75) is 22.8 Å². The van der Waals surface area contributed by atoms with Crippen LogP contribution in [0.5, 0.6) is 0 Å². The molecule has 0 saturated heterocycles. The van der Waals surface area contributed by atoms with E-state index in [2.05, 4.69) is 20.7 Å². The summed E-state index contributed by atoms with van der Waals surface area (Å²) < 4.78 is 48.8. The lowest BCUT2D eigenvalue weighted by atomic mass is 10.2. The molecule has 0 fully saturated rings. The predicted molar refractivity (Wildman–Crippen MR) is 76.1 cm³/mol. The van der Waals surface area contributed by atoms with Crippen molar-refractivity contribution < 1.29 is 16.8 Å². The predicted octanol–water partition coefficient (Wildman–Crippen LogP) is 1.61. The van der Waals surface area contributed by atoms with E-state index >= 15 is 0 Å². The Morgan fingerprint density at radius 3 is 2.22 bits per heavy atom. The molecule has 0 radical (unpaired) electrons. The molecule has 1 N–H and O–H groups in total. The molecule has 9 heteroatoms. The van der Waals surface area contributed by atoms with Gasteiger partial charge >= 0.3 is 0 Å². The van der Waals surface area contributed by atoms with E-state index in [1.165, 1.54) is 19.9 Å². The molecule has 0 saturated carbocycles. The van der Waals surface area contributed by atoms with Crippen LogP contribution in [0.25, 0.3) is 0 Å². The van der Waals surface area contributed by atoms with Gasteiger partial charge in [0.2, 0.25) is 10.0 Å². The van der Waals surface area contributed by atoms with Gasteiger partial charge in [0.1, 0.15) is 4.21 Å². The van der Waals surface area contributed by atoms with Gasteiger partial charge in [0.15, 0.2) is 9.84 Å². The Bertz CT molecular complexity index is 631. The largest absolute Gasteiger partial charge is 0.250 e. The summed E-state index contributed by atoms with van der Waals surface area (Å²) in [5.41, 5.74) is 0. The number of rotatable bonds is 5. The molecule has 1 heterocycles. The molecule has 0 aromatic carbocycles. The van der Waals surface area contributed by atoms with E-state index in [4.69, 9.17) is 0 Å². The quantitative estimate of drug-likeness (QED) is 0.847. The third-order valence-electron chi connectivity index (χ3n) is 2.51. The highest BCUT2D eigenvalue weighted by molar-refractivity contribution is 9.11. The van der Waals surface area contributed by atoms with Crippen LogP contribution in [0.4, 0.5) is 0 Å². The second-order valence-electron chi connectivity index (χ2n) is 4.41. The van der Waals surface area contributed by atoms with Gasteiger partial charge in [-0.3, -0.25) is 0 Å². The van der Waals surface area contributed by atoms with Crippen LogP contribution in [-0.2, 0) is 19.9 Å². The number of thiophene rings is 1. The van der Waals surface area contributed by atoms with Crippen LogP contribution in [-0.4, -0.2) is 34.4 Å². The number of sulfone groups is 1. The van der Waals surface area contributed by atoms with Gasteiger partial charge in [0.25, 0.3) is 0 Å². The van der Waals surface area contributed by atoms with Crippen LogP contribution in [0.1, 0.15) is 13.8 Å². The third-order valence-corrected chi connectivity index (χ3v) is 8.17. The van der Waals surface area contributed by atoms with Crippen LogP contribution in [0.2, 0.25) is 0 Å². The number of hydrogen-bond acceptors (Lipinski definition) is 5.